The van der Waals surface area contributed by atoms with Crippen LogP contribution in [0.4, 0.5) is 5.82 Å². The van der Waals surface area contributed by atoms with Gasteiger partial charge in [-0.3, -0.25) is 14.6 Å². The number of amidine groups is 2. The molecule has 0 radical (unpaired) electrons. The van der Waals surface area contributed by atoms with Crippen LogP contribution in [0.15, 0.2) is 16.2 Å². The first kappa shape index (κ1) is 11.7. The molecule has 0 saturated carbocycles. The van der Waals surface area contributed by atoms with Crippen molar-refractivity contribution < 1.29 is 4.74 Å². The summed E-state index contributed by atoms with van der Waals surface area (Å²) >= 11 is 1.60. The lowest BCUT2D eigenvalue weighted by Gasteiger charge is -2.29. The van der Waals surface area contributed by atoms with Crippen LogP contribution in [0.25, 0.3) is 0 Å². The number of aliphatic imine (C=N–C) groups is 2. The minimum Gasteiger partial charge on any atom is -0.356 e. The van der Waals surface area contributed by atoms with E-state index in [-0.39, 0.29) is 6.23 Å². The molecule has 0 aromatic carbocycles. The maximum absolute atomic E-state index is 5.72. The third kappa shape index (κ3) is 1.58. The molecule has 1 atom stereocenters. The lowest BCUT2D eigenvalue weighted by atomic mass is 10.2. The first-order valence-corrected chi connectivity index (χ1v) is 7.09. The number of ether oxygens (including phenoxy) is 1. The Morgan fingerprint density at radius 2 is 2.39 bits per heavy atom. The van der Waals surface area contributed by atoms with Crippen molar-refractivity contribution in [2.45, 2.75) is 13.2 Å². The number of thioether (sulfide) groups is 1. The molecule has 3 rings (SSSR count). The van der Waals surface area contributed by atoms with Crippen molar-refractivity contribution in [2.75, 3.05) is 19.4 Å². The van der Waals surface area contributed by atoms with E-state index in [2.05, 4.69) is 20.0 Å². The Labute approximate surface area is 110 Å². The van der Waals surface area contributed by atoms with E-state index in [4.69, 9.17) is 4.74 Å². The second-order valence-electron chi connectivity index (χ2n) is 4.05. The number of fused-ring (bicyclic) bond motifs is 3. The van der Waals surface area contributed by atoms with Gasteiger partial charge in [-0.05, 0) is 13.2 Å². The molecule has 18 heavy (non-hydrogen) atoms. The zero-order chi connectivity index (χ0) is 12.7. The molecule has 2 aliphatic heterocycles. The summed E-state index contributed by atoms with van der Waals surface area (Å²) in [7, 11) is 1.89. The second kappa shape index (κ2) is 4.40. The van der Waals surface area contributed by atoms with Crippen molar-refractivity contribution in [1.29, 1.82) is 0 Å². The zero-order valence-corrected chi connectivity index (χ0v) is 11.4. The summed E-state index contributed by atoms with van der Waals surface area (Å²) in [6, 6.07) is 0. The summed E-state index contributed by atoms with van der Waals surface area (Å²) in [5, 5.41) is 5.17. The van der Waals surface area contributed by atoms with Crippen LogP contribution in [0.2, 0.25) is 0 Å². The number of nitrogens with zero attached hydrogens (tertiary/aromatic N) is 5. The molecule has 3 heterocycles. The van der Waals surface area contributed by atoms with Gasteiger partial charge in [-0.15, -0.1) is 0 Å². The first-order valence-electron chi connectivity index (χ1n) is 5.86. The van der Waals surface area contributed by atoms with Gasteiger partial charge in [0.05, 0.1) is 18.3 Å². The molecule has 6 nitrogen and oxygen atoms in total. The minimum atomic E-state index is -0.0374. The Bertz CT molecular complexity index is 536. The molecule has 0 fully saturated rings. The Balaban J connectivity index is 2.06. The van der Waals surface area contributed by atoms with Crippen LogP contribution in [-0.2, 0) is 11.8 Å². The van der Waals surface area contributed by atoms with E-state index < -0.39 is 0 Å². The van der Waals surface area contributed by atoms with E-state index in [1.807, 2.05) is 26.4 Å². The van der Waals surface area contributed by atoms with E-state index in [9.17, 15) is 0 Å². The van der Waals surface area contributed by atoms with Crippen molar-refractivity contribution in [3.63, 3.8) is 0 Å². The lowest BCUT2D eigenvalue weighted by molar-refractivity contribution is 0.0244. The summed E-state index contributed by atoms with van der Waals surface area (Å²) < 4.78 is 7.49. The quantitative estimate of drug-likeness (QED) is 0.806. The number of aromatic nitrogens is 2. The molecule has 1 unspecified atom stereocenters. The number of rotatable bonds is 2. The summed E-state index contributed by atoms with van der Waals surface area (Å²) in [4.78, 5) is 11.3. The van der Waals surface area contributed by atoms with Gasteiger partial charge < -0.3 is 4.74 Å². The van der Waals surface area contributed by atoms with Crippen LogP contribution in [0.1, 0.15) is 12.5 Å². The average Bonchev–Trinajstić information content (AvgIpc) is 2.94. The molecular weight excluding hydrogens is 250 g/mol. The molecule has 96 valence electrons. The molecule has 7 heteroatoms. The predicted octanol–water partition coefficient (Wildman–Crippen LogP) is 1.21. The molecule has 0 aliphatic carbocycles. The Kier molecular flexibility index (Phi) is 2.87. The van der Waals surface area contributed by atoms with Gasteiger partial charge in [-0.1, -0.05) is 11.8 Å². The molecular formula is C11H15N5OS. The second-order valence-corrected chi connectivity index (χ2v) is 4.82. The van der Waals surface area contributed by atoms with Gasteiger partial charge in [0.25, 0.3) is 0 Å². The van der Waals surface area contributed by atoms with Crippen LogP contribution in [-0.4, -0.2) is 51.3 Å². The molecule has 0 spiro atoms. The highest BCUT2D eigenvalue weighted by atomic mass is 32.2. The number of aryl methyl sites for hydroxylation is 1. The third-order valence-electron chi connectivity index (χ3n) is 3.01. The topological polar surface area (TPSA) is 55.0 Å². The van der Waals surface area contributed by atoms with Gasteiger partial charge in [0.15, 0.2) is 17.2 Å². The highest BCUT2D eigenvalue weighted by molar-refractivity contribution is 8.13. The lowest BCUT2D eigenvalue weighted by Crippen LogP contribution is -2.43. The highest BCUT2D eigenvalue weighted by Crippen LogP contribution is 2.32. The van der Waals surface area contributed by atoms with Crippen molar-refractivity contribution in [3.05, 3.63) is 11.8 Å². The van der Waals surface area contributed by atoms with Crippen LogP contribution in [0.3, 0.4) is 0 Å². The fourth-order valence-corrected chi connectivity index (χ4v) is 2.80. The Morgan fingerprint density at radius 1 is 1.56 bits per heavy atom. The van der Waals surface area contributed by atoms with Crippen LogP contribution in [0, 0.1) is 0 Å². The molecule has 1 aromatic rings. The van der Waals surface area contributed by atoms with Crippen molar-refractivity contribution >= 4 is 28.6 Å². The number of hydrogen-bond acceptors (Lipinski definition) is 6. The van der Waals surface area contributed by atoms with E-state index >= 15 is 0 Å². The summed E-state index contributed by atoms with van der Waals surface area (Å²) in [5.74, 6) is 1.79. The van der Waals surface area contributed by atoms with Crippen molar-refractivity contribution in [2.24, 2.45) is 17.0 Å². The van der Waals surface area contributed by atoms with E-state index in [0.29, 0.717) is 13.2 Å². The van der Waals surface area contributed by atoms with E-state index in [1.54, 1.807) is 16.4 Å². The van der Waals surface area contributed by atoms with Crippen molar-refractivity contribution in [1.82, 2.24) is 14.7 Å². The Morgan fingerprint density at radius 3 is 3.11 bits per heavy atom. The van der Waals surface area contributed by atoms with Crippen LogP contribution >= 0.6 is 11.8 Å². The fraction of sp³-hybridized carbons (Fsp3) is 0.545. The van der Waals surface area contributed by atoms with Gasteiger partial charge in [-0.2, -0.15) is 5.10 Å². The van der Waals surface area contributed by atoms with Gasteiger partial charge in [0.2, 0.25) is 0 Å². The molecule has 0 N–H and O–H groups in total. The van der Waals surface area contributed by atoms with Crippen LogP contribution in [0.5, 0.6) is 0 Å². The van der Waals surface area contributed by atoms with Gasteiger partial charge in [0, 0.05) is 13.7 Å². The highest BCUT2D eigenvalue weighted by Gasteiger charge is 2.37. The SMILES string of the molecule is CCOC1CN=C2c3cnn(C)c3N=C(SC)N21. The average molecular weight is 265 g/mol. The zero-order valence-electron chi connectivity index (χ0n) is 10.6. The van der Waals surface area contributed by atoms with Crippen LogP contribution < -0.4 is 0 Å². The molecule has 2 aliphatic rings. The molecule has 0 amide bonds. The summed E-state index contributed by atoms with van der Waals surface area (Å²) in [6.45, 7) is 3.32. The largest absolute Gasteiger partial charge is 0.356 e. The van der Waals surface area contributed by atoms with Gasteiger partial charge >= 0.3 is 0 Å². The predicted molar refractivity (Wildman–Crippen MR) is 72.5 cm³/mol. The Hall–Kier alpha value is -1.34. The third-order valence-corrected chi connectivity index (χ3v) is 3.66. The normalized spacial score (nSPS) is 21.5. The molecule has 0 bridgehead atoms. The van der Waals surface area contributed by atoms with Crippen molar-refractivity contribution in [3.8, 4) is 0 Å². The number of hydrogen-bond donors (Lipinski definition) is 0. The standard InChI is InChI=1S/C11H15N5OS/c1-4-17-8-6-12-9-7-5-13-15(2)10(7)14-11(18-3)16(8)9/h5,8H,4,6H2,1-3H3. The monoisotopic (exact) mass is 265 g/mol. The van der Waals surface area contributed by atoms with E-state index in [0.717, 1.165) is 22.4 Å². The minimum absolute atomic E-state index is 0.0374. The van der Waals surface area contributed by atoms with Gasteiger partial charge in [-0.25, -0.2) is 4.99 Å². The maximum Gasteiger partial charge on any atom is 0.173 e. The molecule has 1 aromatic heterocycles. The van der Waals surface area contributed by atoms with Gasteiger partial charge in [0.1, 0.15) is 5.84 Å². The smallest absolute Gasteiger partial charge is 0.173 e. The molecule has 0 saturated heterocycles. The fourth-order valence-electron chi connectivity index (χ4n) is 2.22. The summed E-state index contributed by atoms with van der Waals surface area (Å²) in [5.41, 5.74) is 0.984. The van der Waals surface area contributed by atoms with E-state index in [1.165, 1.54) is 0 Å². The first-order chi connectivity index (χ1) is 8.76. The summed E-state index contributed by atoms with van der Waals surface area (Å²) in [6.07, 6.45) is 3.79. The maximum atomic E-state index is 5.72.